The van der Waals surface area contributed by atoms with E-state index in [-0.39, 0.29) is 0 Å². The maximum atomic E-state index is 5.48. The summed E-state index contributed by atoms with van der Waals surface area (Å²) in [4.78, 5) is 4.61. The predicted octanol–water partition coefficient (Wildman–Crippen LogP) is 1.86. The summed E-state index contributed by atoms with van der Waals surface area (Å²) in [5.74, 6) is 3.29. The maximum absolute atomic E-state index is 5.48. The molecule has 0 saturated carbocycles. The molecule has 1 aliphatic rings. The van der Waals surface area contributed by atoms with Crippen LogP contribution in [0, 0.1) is 0 Å². The second-order valence-corrected chi connectivity index (χ2v) is 5.32. The van der Waals surface area contributed by atoms with E-state index < -0.39 is 0 Å². The summed E-state index contributed by atoms with van der Waals surface area (Å²) in [6.45, 7) is 0.711. The van der Waals surface area contributed by atoms with E-state index >= 15 is 0 Å². The molecule has 1 aromatic heterocycles. The minimum absolute atomic E-state index is 0.711. The highest BCUT2D eigenvalue weighted by molar-refractivity contribution is 7.99. The maximum Gasteiger partial charge on any atom is 0.0967 e. The van der Waals surface area contributed by atoms with Crippen molar-refractivity contribution < 1.29 is 0 Å². The third-order valence-corrected chi connectivity index (χ3v) is 4.47. The van der Waals surface area contributed by atoms with Gasteiger partial charge in [-0.15, -0.1) is 11.3 Å². The Balaban J connectivity index is 2.03. The number of aromatic nitrogens is 1. The first-order chi connectivity index (χ1) is 6.40. The van der Waals surface area contributed by atoms with Crippen molar-refractivity contribution in [1.29, 1.82) is 0 Å². The number of nitrogens with two attached hydrogens (primary N) is 1. The zero-order valence-corrected chi connectivity index (χ0v) is 9.16. The molecule has 0 aliphatic carbocycles. The van der Waals surface area contributed by atoms with Crippen molar-refractivity contribution in [3.05, 3.63) is 16.1 Å². The highest BCUT2D eigenvalue weighted by atomic mass is 32.2. The van der Waals surface area contributed by atoms with Crippen LogP contribution in [0.5, 0.6) is 0 Å². The first-order valence-electron chi connectivity index (χ1n) is 4.62. The molecular weight excluding hydrogens is 200 g/mol. The minimum Gasteiger partial charge on any atom is -0.330 e. The van der Waals surface area contributed by atoms with Crippen LogP contribution in [0.3, 0.4) is 0 Å². The zero-order chi connectivity index (χ0) is 9.10. The lowest BCUT2D eigenvalue weighted by Crippen LogP contribution is -2.03. The molecule has 2 rings (SSSR count). The fourth-order valence-corrected chi connectivity index (χ4v) is 3.83. The topological polar surface area (TPSA) is 38.9 Å². The van der Waals surface area contributed by atoms with Gasteiger partial charge < -0.3 is 5.73 Å². The number of hydrogen-bond acceptors (Lipinski definition) is 4. The van der Waals surface area contributed by atoms with Crippen molar-refractivity contribution in [2.45, 2.75) is 18.8 Å². The summed E-state index contributed by atoms with van der Waals surface area (Å²) in [5, 5.41) is 3.49. The predicted molar refractivity (Wildman–Crippen MR) is 59.6 cm³/mol. The van der Waals surface area contributed by atoms with Gasteiger partial charge in [0.05, 0.1) is 10.7 Å². The SMILES string of the molecule is NCCc1csc(C2CCSC2)n1. The first kappa shape index (κ1) is 9.49. The standard InChI is InChI=1S/C9H14N2S2/c10-3-1-8-6-13-9(11-8)7-2-4-12-5-7/h6-7H,1-5,10H2. The lowest BCUT2D eigenvalue weighted by atomic mass is 10.1. The van der Waals surface area contributed by atoms with Gasteiger partial charge in [0.1, 0.15) is 0 Å². The van der Waals surface area contributed by atoms with Crippen LogP contribution in [0.2, 0.25) is 0 Å². The van der Waals surface area contributed by atoms with Crippen LogP contribution in [0.4, 0.5) is 0 Å². The fourth-order valence-electron chi connectivity index (χ4n) is 1.50. The van der Waals surface area contributed by atoms with E-state index in [4.69, 9.17) is 5.73 Å². The van der Waals surface area contributed by atoms with Crippen LogP contribution < -0.4 is 5.73 Å². The number of thiazole rings is 1. The Labute approximate surface area is 86.9 Å². The van der Waals surface area contributed by atoms with Gasteiger partial charge in [-0.25, -0.2) is 4.98 Å². The highest BCUT2D eigenvalue weighted by Crippen LogP contribution is 2.33. The summed E-state index contributed by atoms with van der Waals surface area (Å²) in [6, 6.07) is 0. The molecule has 2 nitrogen and oxygen atoms in total. The molecule has 72 valence electrons. The Hall–Kier alpha value is -0.0600. The quantitative estimate of drug-likeness (QED) is 0.835. The molecule has 1 unspecified atom stereocenters. The van der Waals surface area contributed by atoms with E-state index in [0.29, 0.717) is 6.54 Å². The van der Waals surface area contributed by atoms with Crippen molar-refractivity contribution >= 4 is 23.1 Å². The molecule has 4 heteroatoms. The Morgan fingerprint density at radius 1 is 1.62 bits per heavy atom. The summed E-state index contributed by atoms with van der Waals surface area (Å²) in [5.41, 5.74) is 6.66. The van der Waals surface area contributed by atoms with Gasteiger partial charge in [0.2, 0.25) is 0 Å². The van der Waals surface area contributed by atoms with Crippen LogP contribution in [-0.4, -0.2) is 23.0 Å². The molecule has 1 atom stereocenters. The largest absolute Gasteiger partial charge is 0.330 e. The fraction of sp³-hybridized carbons (Fsp3) is 0.667. The molecule has 2 N–H and O–H groups in total. The number of nitrogens with zero attached hydrogens (tertiary/aromatic N) is 1. The van der Waals surface area contributed by atoms with Crippen LogP contribution in [0.15, 0.2) is 5.38 Å². The molecule has 0 bridgehead atoms. The molecule has 1 saturated heterocycles. The molecule has 0 radical (unpaired) electrons. The zero-order valence-electron chi connectivity index (χ0n) is 7.53. The number of hydrogen-bond donors (Lipinski definition) is 1. The Morgan fingerprint density at radius 2 is 2.54 bits per heavy atom. The average Bonchev–Trinajstić information content (AvgIpc) is 2.70. The van der Waals surface area contributed by atoms with E-state index in [1.807, 2.05) is 11.8 Å². The average molecular weight is 214 g/mol. The molecule has 1 aliphatic heterocycles. The molecule has 2 heterocycles. The number of rotatable bonds is 3. The second kappa shape index (κ2) is 4.44. The monoisotopic (exact) mass is 214 g/mol. The lowest BCUT2D eigenvalue weighted by Gasteiger charge is -2.01. The van der Waals surface area contributed by atoms with Crippen LogP contribution >= 0.6 is 23.1 Å². The second-order valence-electron chi connectivity index (χ2n) is 3.28. The lowest BCUT2D eigenvalue weighted by molar-refractivity contribution is 0.765. The van der Waals surface area contributed by atoms with Crippen LogP contribution in [0.1, 0.15) is 23.0 Å². The van der Waals surface area contributed by atoms with Gasteiger partial charge in [-0.1, -0.05) is 0 Å². The molecule has 0 spiro atoms. The van der Waals surface area contributed by atoms with Crippen molar-refractivity contribution in [2.75, 3.05) is 18.1 Å². The van der Waals surface area contributed by atoms with Crippen molar-refractivity contribution in [1.82, 2.24) is 4.98 Å². The Kier molecular flexibility index (Phi) is 3.24. The molecule has 13 heavy (non-hydrogen) atoms. The molecule has 0 amide bonds. The molecule has 0 aromatic carbocycles. The van der Waals surface area contributed by atoms with E-state index in [2.05, 4.69) is 10.4 Å². The van der Waals surface area contributed by atoms with Crippen LogP contribution in [-0.2, 0) is 6.42 Å². The summed E-state index contributed by atoms with van der Waals surface area (Å²) in [7, 11) is 0. The Bertz CT molecular complexity index is 266. The van der Waals surface area contributed by atoms with Gasteiger partial charge in [0.15, 0.2) is 0 Å². The van der Waals surface area contributed by atoms with E-state index in [0.717, 1.165) is 12.3 Å². The van der Waals surface area contributed by atoms with Crippen LogP contribution in [0.25, 0.3) is 0 Å². The molecular formula is C9H14N2S2. The van der Waals surface area contributed by atoms with Gasteiger partial charge in [-0.05, 0) is 18.7 Å². The third-order valence-electron chi connectivity index (χ3n) is 2.25. The third kappa shape index (κ3) is 2.24. The van der Waals surface area contributed by atoms with Gasteiger partial charge >= 0.3 is 0 Å². The van der Waals surface area contributed by atoms with E-state index in [1.165, 1.54) is 28.6 Å². The van der Waals surface area contributed by atoms with Gasteiger partial charge in [-0.3, -0.25) is 0 Å². The Morgan fingerprint density at radius 3 is 3.23 bits per heavy atom. The van der Waals surface area contributed by atoms with Gasteiger partial charge in [0, 0.05) is 23.5 Å². The van der Waals surface area contributed by atoms with E-state index in [9.17, 15) is 0 Å². The van der Waals surface area contributed by atoms with Gasteiger partial charge in [0.25, 0.3) is 0 Å². The summed E-state index contributed by atoms with van der Waals surface area (Å²) >= 11 is 3.85. The highest BCUT2D eigenvalue weighted by Gasteiger charge is 2.20. The normalized spacial score (nSPS) is 22.4. The van der Waals surface area contributed by atoms with Crippen molar-refractivity contribution in [3.8, 4) is 0 Å². The molecule has 1 aromatic rings. The van der Waals surface area contributed by atoms with Crippen molar-refractivity contribution in [2.24, 2.45) is 5.73 Å². The minimum atomic E-state index is 0.711. The smallest absolute Gasteiger partial charge is 0.0967 e. The molecule has 1 fully saturated rings. The summed E-state index contributed by atoms with van der Waals surface area (Å²) < 4.78 is 0. The number of thioether (sulfide) groups is 1. The van der Waals surface area contributed by atoms with Crippen molar-refractivity contribution in [3.63, 3.8) is 0 Å². The van der Waals surface area contributed by atoms with Gasteiger partial charge in [-0.2, -0.15) is 11.8 Å². The first-order valence-corrected chi connectivity index (χ1v) is 6.65. The summed E-state index contributed by atoms with van der Waals surface area (Å²) in [6.07, 6.45) is 2.23. The van der Waals surface area contributed by atoms with E-state index in [1.54, 1.807) is 11.3 Å².